The summed E-state index contributed by atoms with van der Waals surface area (Å²) in [6.07, 6.45) is 0.430. The summed E-state index contributed by atoms with van der Waals surface area (Å²) in [5, 5.41) is 2.89. The van der Waals surface area contributed by atoms with Gasteiger partial charge in [-0.2, -0.15) is 0 Å². The van der Waals surface area contributed by atoms with Crippen molar-refractivity contribution in [2.24, 2.45) is 5.73 Å². The first-order chi connectivity index (χ1) is 10.1. The summed E-state index contributed by atoms with van der Waals surface area (Å²) in [5.41, 5.74) is 11.4. The zero-order valence-electron chi connectivity index (χ0n) is 12.1. The topological polar surface area (TPSA) is 64.3 Å². The zero-order valence-corrected chi connectivity index (χ0v) is 12.1. The number of ether oxygens (including phenoxy) is 1. The van der Waals surface area contributed by atoms with Crippen molar-refractivity contribution in [1.29, 1.82) is 0 Å². The van der Waals surface area contributed by atoms with E-state index in [-0.39, 0.29) is 11.9 Å². The van der Waals surface area contributed by atoms with E-state index in [9.17, 15) is 4.79 Å². The summed E-state index contributed by atoms with van der Waals surface area (Å²) in [7, 11) is 1.64. The molecule has 4 heteroatoms. The molecule has 1 atom stereocenters. The van der Waals surface area contributed by atoms with Crippen LogP contribution in [0, 0.1) is 6.92 Å². The lowest BCUT2D eigenvalue weighted by molar-refractivity contribution is -0.115. The fraction of sp³-hybridized carbons (Fsp3) is 0.235. The molecule has 0 aliphatic carbocycles. The maximum Gasteiger partial charge on any atom is 0.228 e. The molecule has 108 valence electrons. The first-order valence-corrected chi connectivity index (χ1v) is 6.91. The van der Waals surface area contributed by atoms with Gasteiger partial charge in [0, 0.05) is 5.69 Å². The van der Waals surface area contributed by atoms with E-state index >= 15 is 0 Å². The lowest BCUT2D eigenvalue weighted by Crippen LogP contribution is -2.12. The van der Waals surface area contributed by atoms with Crippen molar-refractivity contribution in [2.75, 3.05) is 12.4 Å². The van der Waals surface area contributed by atoms with E-state index in [0.717, 1.165) is 33.7 Å². The number of methoxy groups -OCH3 is 1. The van der Waals surface area contributed by atoms with E-state index in [1.54, 1.807) is 7.11 Å². The molecule has 2 aromatic carbocycles. The number of nitrogens with one attached hydrogen (secondary N) is 1. The van der Waals surface area contributed by atoms with Gasteiger partial charge in [0.15, 0.2) is 0 Å². The molecule has 2 aromatic rings. The fourth-order valence-electron chi connectivity index (χ4n) is 2.75. The number of hydrogen-bond donors (Lipinski definition) is 2. The Morgan fingerprint density at radius 3 is 2.57 bits per heavy atom. The van der Waals surface area contributed by atoms with Gasteiger partial charge in [-0.05, 0) is 41.3 Å². The van der Waals surface area contributed by atoms with Crippen LogP contribution in [-0.2, 0) is 11.2 Å². The number of amides is 1. The molecule has 0 spiro atoms. The van der Waals surface area contributed by atoms with Gasteiger partial charge in [0.05, 0.1) is 19.6 Å². The van der Waals surface area contributed by atoms with Crippen LogP contribution in [0.2, 0.25) is 0 Å². The Hall–Kier alpha value is -2.33. The van der Waals surface area contributed by atoms with Crippen LogP contribution in [0.5, 0.6) is 5.75 Å². The maximum atomic E-state index is 11.5. The average Bonchev–Trinajstić information content (AvgIpc) is 2.87. The molecule has 0 bridgehead atoms. The minimum Gasteiger partial charge on any atom is -0.497 e. The SMILES string of the molecule is COc1ccc(C(N)c2cc(C)c3c(c2)CC(=O)N3)cc1. The highest BCUT2D eigenvalue weighted by Gasteiger charge is 2.21. The molecule has 1 aliphatic rings. The molecule has 3 rings (SSSR count). The van der Waals surface area contributed by atoms with E-state index in [1.807, 2.05) is 43.3 Å². The molecule has 1 heterocycles. The van der Waals surface area contributed by atoms with Crippen molar-refractivity contribution in [3.05, 3.63) is 58.7 Å². The quantitative estimate of drug-likeness (QED) is 0.909. The van der Waals surface area contributed by atoms with Crippen molar-refractivity contribution in [2.45, 2.75) is 19.4 Å². The largest absolute Gasteiger partial charge is 0.497 e. The van der Waals surface area contributed by atoms with Crippen LogP contribution < -0.4 is 15.8 Å². The minimum absolute atomic E-state index is 0.0447. The molecule has 3 N–H and O–H groups in total. The molecular weight excluding hydrogens is 264 g/mol. The lowest BCUT2D eigenvalue weighted by atomic mass is 9.95. The van der Waals surface area contributed by atoms with Crippen LogP contribution in [0.4, 0.5) is 5.69 Å². The minimum atomic E-state index is -0.212. The molecule has 0 fully saturated rings. The number of rotatable bonds is 3. The van der Waals surface area contributed by atoms with E-state index < -0.39 is 0 Å². The van der Waals surface area contributed by atoms with E-state index in [4.69, 9.17) is 10.5 Å². The number of carbonyl (C=O) groups is 1. The standard InChI is InChI=1S/C17H18N2O2/c1-10-7-12(8-13-9-15(20)19-17(10)13)16(18)11-3-5-14(21-2)6-4-11/h3-8,16H,9,18H2,1-2H3,(H,19,20). The van der Waals surface area contributed by atoms with E-state index in [1.165, 1.54) is 0 Å². The van der Waals surface area contributed by atoms with Gasteiger partial charge in [0.1, 0.15) is 5.75 Å². The van der Waals surface area contributed by atoms with E-state index in [0.29, 0.717) is 6.42 Å². The predicted molar refractivity (Wildman–Crippen MR) is 82.5 cm³/mol. The molecule has 21 heavy (non-hydrogen) atoms. The second-order valence-electron chi connectivity index (χ2n) is 5.35. The highest BCUT2D eigenvalue weighted by atomic mass is 16.5. The van der Waals surface area contributed by atoms with Gasteiger partial charge in [0.25, 0.3) is 0 Å². The molecule has 1 amide bonds. The first kappa shape index (κ1) is 13.6. The molecule has 1 aliphatic heterocycles. The number of carbonyl (C=O) groups excluding carboxylic acids is 1. The molecule has 0 saturated carbocycles. The summed E-state index contributed by atoms with van der Waals surface area (Å²) in [6, 6.07) is 11.6. The van der Waals surface area contributed by atoms with Crippen LogP contribution >= 0.6 is 0 Å². The molecule has 4 nitrogen and oxygen atoms in total. The first-order valence-electron chi connectivity index (χ1n) is 6.91. The van der Waals surface area contributed by atoms with Crippen molar-refractivity contribution < 1.29 is 9.53 Å². The smallest absolute Gasteiger partial charge is 0.228 e. The summed E-state index contributed by atoms with van der Waals surface area (Å²) in [5.74, 6) is 0.856. The van der Waals surface area contributed by atoms with Crippen molar-refractivity contribution in [1.82, 2.24) is 0 Å². The van der Waals surface area contributed by atoms with Crippen molar-refractivity contribution in [3.8, 4) is 5.75 Å². The Balaban J connectivity index is 1.94. The second kappa shape index (κ2) is 5.22. The molecule has 0 aromatic heterocycles. The van der Waals surface area contributed by atoms with Gasteiger partial charge in [-0.1, -0.05) is 24.3 Å². The summed E-state index contributed by atoms with van der Waals surface area (Å²) in [6.45, 7) is 1.99. The molecule has 0 saturated heterocycles. The maximum absolute atomic E-state index is 11.5. The Morgan fingerprint density at radius 2 is 1.90 bits per heavy atom. The third-order valence-corrected chi connectivity index (χ3v) is 3.89. The van der Waals surface area contributed by atoms with Crippen molar-refractivity contribution in [3.63, 3.8) is 0 Å². The number of nitrogens with two attached hydrogens (primary N) is 1. The van der Waals surface area contributed by atoms with Gasteiger partial charge in [0.2, 0.25) is 5.91 Å². The molecule has 0 radical (unpaired) electrons. The number of benzene rings is 2. The predicted octanol–water partition coefficient (Wildman–Crippen LogP) is 2.55. The van der Waals surface area contributed by atoms with E-state index in [2.05, 4.69) is 5.32 Å². The Morgan fingerprint density at radius 1 is 1.19 bits per heavy atom. The zero-order chi connectivity index (χ0) is 15.0. The van der Waals surface area contributed by atoms with Crippen LogP contribution in [0.1, 0.15) is 28.3 Å². The third kappa shape index (κ3) is 2.50. The van der Waals surface area contributed by atoms with Crippen LogP contribution in [0.3, 0.4) is 0 Å². The Labute approximate surface area is 123 Å². The monoisotopic (exact) mass is 282 g/mol. The second-order valence-corrected chi connectivity index (χ2v) is 5.35. The number of fused-ring (bicyclic) bond motifs is 1. The Kier molecular flexibility index (Phi) is 3.39. The molecular formula is C17H18N2O2. The number of hydrogen-bond acceptors (Lipinski definition) is 3. The average molecular weight is 282 g/mol. The van der Waals surface area contributed by atoms with Gasteiger partial charge >= 0.3 is 0 Å². The van der Waals surface area contributed by atoms with Gasteiger partial charge in [-0.15, -0.1) is 0 Å². The normalized spacial score (nSPS) is 14.5. The third-order valence-electron chi connectivity index (χ3n) is 3.89. The summed E-state index contributed by atoms with van der Waals surface area (Å²) in [4.78, 5) is 11.5. The molecule has 1 unspecified atom stereocenters. The highest BCUT2D eigenvalue weighted by molar-refractivity contribution is 6.00. The van der Waals surface area contributed by atoms with Gasteiger partial charge < -0.3 is 15.8 Å². The summed E-state index contributed by atoms with van der Waals surface area (Å²) >= 11 is 0. The van der Waals surface area contributed by atoms with Crippen LogP contribution in [0.25, 0.3) is 0 Å². The highest BCUT2D eigenvalue weighted by Crippen LogP contribution is 2.32. The van der Waals surface area contributed by atoms with Crippen LogP contribution in [-0.4, -0.2) is 13.0 Å². The van der Waals surface area contributed by atoms with Crippen molar-refractivity contribution >= 4 is 11.6 Å². The van der Waals surface area contributed by atoms with Gasteiger partial charge in [-0.25, -0.2) is 0 Å². The van der Waals surface area contributed by atoms with Gasteiger partial charge in [-0.3, -0.25) is 4.79 Å². The number of aryl methyl sites for hydroxylation is 1. The summed E-state index contributed by atoms with van der Waals surface area (Å²) < 4.78 is 5.16. The van der Waals surface area contributed by atoms with Crippen LogP contribution in [0.15, 0.2) is 36.4 Å². The number of anilines is 1. The fourth-order valence-corrected chi connectivity index (χ4v) is 2.75. The Bertz CT molecular complexity index is 693. The lowest BCUT2D eigenvalue weighted by Gasteiger charge is -2.16.